The topological polar surface area (TPSA) is 38.4 Å². The fraction of sp³-hybridized carbons (Fsp3) is 0.700. The lowest BCUT2D eigenvalue weighted by atomic mass is 10.1. The summed E-state index contributed by atoms with van der Waals surface area (Å²) in [5.41, 5.74) is 6.87. The Balaban J connectivity index is 3.82. The predicted molar refractivity (Wildman–Crippen MR) is 55.2 cm³/mol. The van der Waals surface area contributed by atoms with Crippen LogP contribution in [0.25, 0.3) is 0 Å². The summed E-state index contributed by atoms with van der Waals surface area (Å²) in [6.45, 7) is 6.30. The molecule has 0 spiro atoms. The van der Waals surface area contributed by atoms with E-state index in [-0.39, 0.29) is 0 Å². The van der Waals surface area contributed by atoms with Crippen molar-refractivity contribution in [3.05, 3.63) is 11.8 Å². The minimum absolute atomic E-state index is 0.714. The Labute approximate surface area is 75.6 Å². The molecule has 0 amide bonds. The van der Waals surface area contributed by atoms with Crippen molar-refractivity contribution in [2.45, 2.75) is 46.5 Å². The van der Waals surface area contributed by atoms with E-state index in [1.165, 1.54) is 18.4 Å². The first kappa shape index (κ1) is 11.2. The van der Waals surface area contributed by atoms with Gasteiger partial charge in [-0.15, -0.1) is 0 Å². The maximum Gasteiger partial charge on any atom is 0.0986 e. The highest BCUT2D eigenvalue weighted by molar-refractivity contribution is 5.80. The molecule has 0 aromatic carbocycles. The third-order valence-electron chi connectivity index (χ3n) is 1.74. The molecule has 2 nitrogen and oxygen atoms in total. The molecule has 0 rings (SSSR count). The predicted octanol–water partition coefficient (Wildman–Crippen LogP) is 2.85. The molecule has 2 heteroatoms. The minimum atomic E-state index is 0.714. The van der Waals surface area contributed by atoms with Gasteiger partial charge < -0.3 is 5.73 Å². The van der Waals surface area contributed by atoms with Crippen LogP contribution >= 0.6 is 0 Å². The molecule has 0 saturated carbocycles. The van der Waals surface area contributed by atoms with Crippen molar-refractivity contribution < 1.29 is 0 Å². The highest BCUT2D eigenvalue weighted by Gasteiger charge is 1.88. The van der Waals surface area contributed by atoms with Crippen LogP contribution in [0.4, 0.5) is 0 Å². The van der Waals surface area contributed by atoms with E-state index in [0.29, 0.717) is 5.84 Å². The van der Waals surface area contributed by atoms with Crippen molar-refractivity contribution in [3.8, 4) is 0 Å². The zero-order chi connectivity index (χ0) is 9.40. The van der Waals surface area contributed by atoms with Crippen molar-refractivity contribution in [2.75, 3.05) is 0 Å². The molecule has 0 fully saturated rings. The van der Waals surface area contributed by atoms with Gasteiger partial charge in [0.1, 0.15) is 0 Å². The average Bonchev–Trinajstić information content (AvgIpc) is 2.10. The maximum absolute atomic E-state index is 5.56. The fourth-order valence-electron chi connectivity index (χ4n) is 0.805. The fourth-order valence-corrected chi connectivity index (χ4v) is 0.805. The summed E-state index contributed by atoms with van der Waals surface area (Å²) in [7, 11) is 0. The van der Waals surface area contributed by atoms with Crippen LogP contribution < -0.4 is 5.73 Å². The standard InChI is InChI=1S/C10H20N2/c1-4-6-7-9(3)8-12-10(11)5-2/h8H,4-7H2,1-3H3,(H2,11,12)/b9-8+. The molecular formula is C10H20N2. The van der Waals surface area contributed by atoms with Crippen LogP contribution in [-0.4, -0.2) is 5.84 Å². The molecule has 0 aliphatic carbocycles. The number of hydrogen-bond acceptors (Lipinski definition) is 1. The molecular weight excluding hydrogens is 148 g/mol. The zero-order valence-corrected chi connectivity index (χ0v) is 8.43. The Kier molecular flexibility index (Phi) is 6.44. The van der Waals surface area contributed by atoms with E-state index in [9.17, 15) is 0 Å². The van der Waals surface area contributed by atoms with Crippen molar-refractivity contribution >= 4 is 5.84 Å². The Morgan fingerprint density at radius 2 is 2.08 bits per heavy atom. The molecule has 0 aromatic heterocycles. The van der Waals surface area contributed by atoms with Crippen molar-refractivity contribution in [2.24, 2.45) is 10.7 Å². The van der Waals surface area contributed by atoms with Crippen molar-refractivity contribution in [1.82, 2.24) is 0 Å². The molecule has 0 aliphatic rings. The zero-order valence-electron chi connectivity index (χ0n) is 8.43. The molecule has 0 aromatic rings. The maximum atomic E-state index is 5.56. The van der Waals surface area contributed by atoms with Gasteiger partial charge in [0, 0.05) is 12.6 Å². The number of allylic oxidation sites excluding steroid dienone is 1. The van der Waals surface area contributed by atoms with Gasteiger partial charge in [0.05, 0.1) is 5.84 Å². The van der Waals surface area contributed by atoms with Crippen LogP contribution in [0.1, 0.15) is 46.5 Å². The Morgan fingerprint density at radius 1 is 1.42 bits per heavy atom. The highest BCUT2D eigenvalue weighted by Crippen LogP contribution is 2.05. The molecule has 0 aliphatic heterocycles. The highest BCUT2D eigenvalue weighted by atomic mass is 14.8. The molecule has 0 heterocycles. The van der Waals surface area contributed by atoms with Gasteiger partial charge in [0.15, 0.2) is 0 Å². The molecule has 0 unspecified atom stereocenters. The van der Waals surface area contributed by atoms with Crippen LogP contribution in [0, 0.1) is 0 Å². The van der Waals surface area contributed by atoms with E-state index >= 15 is 0 Å². The summed E-state index contributed by atoms with van der Waals surface area (Å²) in [6.07, 6.45) is 6.32. The summed E-state index contributed by atoms with van der Waals surface area (Å²) in [4.78, 5) is 4.13. The summed E-state index contributed by atoms with van der Waals surface area (Å²) in [5.74, 6) is 0.714. The second kappa shape index (κ2) is 6.89. The van der Waals surface area contributed by atoms with Gasteiger partial charge in [-0.05, 0) is 19.8 Å². The second-order valence-electron chi connectivity index (χ2n) is 3.05. The SMILES string of the molecule is CCCC/C(C)=C/N=C(N)CC. The van der Waals surface area contributed by atoms with E-state index in [4.69, 9.17) is 5.73 Å². The smallest absolute Gasteiger partial charge is 0.0986 e. The van der Waals surface area contributed by atoms with Gasteiger partial charge in [-0.1, -0.05) is 25.8 Å². The lowest BCUT2D eigenvalue weighted by molar-refractivity contribution is 0.785. The Hall–Kier alpha value is -0.790. The first-order chi connectivity index (χ1) is 5.70. The summed E-state index contributed by atoms with van der Waals surface area (Å²) in [6, 6.07) is 0. The van der Waals surface area contributed by atoms with E-state index in [2.05, 4.69) is 18.8 Å². The monoisotopic (exact) mass is 168 g/mol. The summed E-state index contributed by atoms with van der Waals surface area (Å²) < 4.78 is 0. The Bertz CT molecular complexity index is 169. The van der Waals surface area contributed by atoms with Crippen LogP contribution in [0.5, 0.6) is 0 Å². The average molecular weight is 168 g/mol. The molecule has 0 saturated heterocycles. The second-order valence-corrected chi connectivity index (χ2v) is 3.05. The largest absolute Gasteiger partial charge is 0.387 e. The Morgan fingerprint density at radius 3 is 2.58 bits per heavy atom. The lowest BCUT2D eigenvalue weighted by Crippen LogP contribution is -2.08. The minimum Gasteiger partial charge on any atom is -0.387 e. The molecule has 0 radical (unpaired) electrons. The van der Waals surface area contributed by atoms with Crippen molar-refractivity contribution in [1.29, 1.82) is 0 Å². The molecule has 2 N–H and O–H groups in total. The number of nitrogens with zero attached hydrogens (tertiary/aromatic N) is 1. The summed E-state index contributed by atoms with van der Waals surface area (Å²) >= 11 is 0. The first-order valence-corrected chi connectivity index (χ1v) is 4.68. The molecule has 0 bridgehead atoms. The van der Waals surface area contributed by atoms with Gasteiger partial charge in [-0.3, -0.25) is 0 Å². The number of nitrogens with two attached hydrogens (primary N) is 1. The first-order valence-electron chi connectivity index (χ1n) is 4.68. The van der Waals surface area contributed by atoms with Crippen molar-refractivity contribution in [3.63, 3.8) is 0 Å². The number of amidine groups is 1. The van der Waals surface area contributed by atoms with Crippen LogP contribution in [0.15, 0.2) is 16.8 Å². The van der Waals surface area contributed by atoms with Gasteiger partial charge >= 0.3 is 0 Å². The van der Waals surface area contributed by atoms with Gasteiger partial charge in [-0.2, -0.15) is 0 Å². The number of unbranched alkanes of at least 4 members (excludes halogenated alkanes) is 1. The normalized spacial score (nSPS) is 13.6. The summed E-state index contributed by atoms with van der Waals surface area (Å²) in [5, 5.41) is 0. The van der Waals surface area contributed by atoms with E-state index in [0.717, 1.165) is 12.8 Å². The van der Waals surface area contributed by atoms with Gasteiger partial charge in [0.25, 0.3) is 0 Å². The molecule has 70 valence electrons. The van der Waals surface area contributed by atoms with Gasteiger partial charge in [0.2, 0.25) is 0 Å². The van der Waals surface area contributed by atoms with E-state index in [1.54, 1.807) is 0 Å². The quantitative estimate of drug-likeness (QED) is 0.497. The lowest BCUT2D eigenvalue weighted by Gasteiger charge is -1.97. The molecule has 12 heavy (non-hydrogen) atoms. The van der Waals surface area contributed by atoms with Crippen LogP contribution in [-0.2, 0) is 0 Å². The van der Waals surface area contributed by atoms with E-state index in [1.807, 2.05) is 13.1 Å². The van der Waals surface area contributed by atoms with E-state index < -0.39 is 0 Å². The number of aliphatic imine (C=N–C) groups is 1. The van der Waals surface area contributed by atoms with Crippen LogP contribution in [0.3, 0.4) is 0 Å². The van der Waals surface area contributed by atoms with Crippen LogP contribution in [0.2, 0.25) is 0 Å². The third kappa shape index (κ3) is 5.96. The molecule has 0 atom stereocenters. The number of hydrogen-bond donors (Lipinski definition) is 1. The van der Waals surface area contributed by atoms with Gasteiger partial charge in [-0.25, -0.2) is 4.99 Å². The number of rotatable bonds is 5. The third-order valence-corrected chi connectivity index (χ3v) is 1.74.